The highest BCUT2D eigenvalue weighted by molar-refractivity contribution is 5.92. The maximum Gasteiger partial charge on any atom is 0.262 e. The highest BCUT2D eigenvalue weighted by Gasteiger charge is 2.16. The molecule has 3 aromatic rings. The molecule has 2 N–H and O–H groups in total. The summed E-state index contributed by atoms with van der Waals surface area (Å²) < 4.78 is 5.65. The Kier molecular flexibility index (Phi) is 5.44. The second-order valence-corrected chi connectivity index (χ2v) is 7.34. The molecule has 1 fully saturated rings. The Balaban J connectivity index is 1.30. The first kappa shape index (κ1) is 18.3. The fourth-order valence-electron chi connectivity index (χ4n) is 3.51. The molecule has 0 atom stereocenters. The van der Waals surface area contributed by atoms with E-state index in [-0.39, 0.29) is 12.5 Å². The van der Waals surface area contributed by atoms with Gasteiger partial charge in [-0.25, -0.2) is 0 Å². The van der Waals surface area contributed by atoms with E-state index in [1.807, 2.05) is 48.5 Å². The van der Waals surface area contributed by atoms with E-state index >= 15 is 0 Å². The summed E-state index contributed by atoms with van der Waals surface area (Å²) in [6.07, 6.45) is 0. The lowest BCUT2D eigenvalue weighted by atomic mass is 10.1. The Morgan fingerprint density at radius 1 is 1.00 bits per heavy atom. The van der Waals surface area contributed by atoms with Gasteiger partial charge in [-0.3, -0.25) is 4.79 Å². The molecule has 0 bridgehead atoms. The molecule has 1 aliphatic rings. The predicted molar refractivity (Wildman–Crippen MR) is 113 cm³/mol. The summed E-state index contributed by atoms with van der Waals surface area (Å²) in [7, 11) is 2.23. The van der Waals surface area contributed by atoms with Crippen LogP contribution in [0.2, 0.25) is 0 Å². The highest BCUT2D eigenvalue weighted by atomic mass is 16.5. The summed E-state index contributed by atoms with van der Waals surface area (Å²) in [5.41, 5.74) is 1.99. The molecule has 1 heterocycles. The molecule has 5 heteroatoms. The Hall–Kier alpha value is -3.05. The molecule has 0 radical (unpaired) electrons. The van der Waals surface area contributed by atoms with Crippen LogP contribution in [0.15, 0.2) is 66.7 Å². The molecule has 4 rings (SSSR count). The van der Waals surface area contributed by atoms with Crippen LogP contribution in [-0.2, 0) is 4.79 Å². The monoisotopic (exact) mass is 376 g/mol. The number of rotatable bonds is 5. The molecule has 28 heavy (non-hydrogen) atoms. The van der Waals surface area contributed by atoms with Gasteiger partial charge in [0.15, 0.2) is 6.61 Å². The van der Waals surface area contributed by atoms with Gasteiger partial charge in [0.05, 0.1) is 33.2 Å². The first-order chi connectivity index (χ1) is 13.7. The molecule has 1 aliphatic heterocycles. The van der Waals surface area contributed by atoms with Crippen molar-refractivity contribution >= 4 is 28.1 Å². The molecule has 3 aromatic carbocycles. The third-order valence-electron chi connectivity index (χ3n) is 5.22. The van der Waals surface area contributed by atoms with Gasteiger partial charge in [0, 0.05) is 11.4 Å². The van der Waals surface area contributed by atoms with Crippen LogP contribution in [0, 0.1) is 0 Å². The first-order valence-electron chi connectivity index (χ1n) is 9.75. The smallest absolute Gasteiger partial charge is 0.262 e. The van der Waals surface area contributed by atoms with Crippen molar-refractivity contribution in [2.24, 2.45) is 0 Å². The van der Waals surface area contributed by atoms with E-state index in [4.69, 9.17) is 4.74 Å². The minimum absolute atomic E-state index is 0.0126. The van der Waals surface area contributed by atoms with Crippen molar-refractivity contribution in [1.82, 2.24) is 0 Å². The zero-order valence-corrected chi connectivity index (χ0v) is 16.2. The van der Waals surface area contributed by atoms with Gasteiger partial charge >= 0.3 is 0 Å². The van der Waals surface area contributed by atoms with Crippen molar-refractivity contribution < 1.29 is 14.4 Å². The number of nitrogens with zero attached hydrogens (tertiary/aromatic N) is 1. The van der Waals surface area contributed by atoms with Gasteiger partial charge in [0.1, 0.15) is 5.75 Å². The topological polar surface area (TPSA) is 46.0 Å². The number of piperazine rings is 1. The first-order valence-corrected chi connectivity index (χ1v) is 9.75. The number of hydrogen-bond acceptors (Lipinski definition) is 3. The normalized spacial score (nSPS) is 14.8. The third kappa shape index (κ3) is 4.43. The number of benzene rings is 3. The fraction of sp³-hybridized carbons (Fsp3) is 0.261. The SMILES string of the molecule is C[NH+]1CCN(c2ccc(NC(=O)COc3ccc4ccccc4c3)cc2)CC1. The number of nitrogens with one attached hydrogen (secondary N) is 2. The minimum Gasteiger partial charge on any atom is -0.484 e. The van der Waals surface area contributed by atoms with E-state index < -0.39 is 0 Å². The molecular weight excluding hydrogens is 350 g/mol. The van der Waals surface area contributed by atoms with Gasteiger partial charge in [0.2, 0.25) is 0 Å². The van der Waals surface area contributed by atoms with Crippen LogP contribution in [-0.4, -0.2) is 45.7 Å². The number of anilines is 2. The summed E-state index contributed by atoms with van der Waals surface area (Å²) in [5, 5.41) is 5.15. The molecule has 0 unspecified atom stereocenters. The fourth-order valence-corrected chi connectivity index (χ4v) is 3.51. The average molecular weight is 376 g/mol. The number of likely N-dealkylation sites (N-methyl/N-ethyl adjacent to an activating group) is 1. The number of quaternary nitrogens is 1. The van der Waals surface area contributed by atoms with Crippen molar-refractivity contribution in [3.8, 4) is 5.75 Å². The number of fused-ring (bicyclic) bond motifs is 1. The summed E-state index contributed by atoms with van der Waals surface area (Å²) in [5.74, 6) is 0.533. The quantitative estimate of drug-likeness (QED) is 0.718. The lowest BCUT2D eigenvalue weighted by Gasteiger charge is -2.31. The Bertz CT molecular complexity index is 947. The molecule has 5 nitrogen and oxygen atoms in total. The summed E-state index contributed by atoms with van der Waals surface area (Å²) in [6.45, 7) is 4.44. The van der Waals surface area contributed by atoms with Crippen LogP contribution in [0.4, 0.5) is 11.4 Å². The van der Waals surface area contributed by atoms with Crippen LogP contribution in [0.3, 0.4) is 0 Å². The molecule has 144 valence electrons. The second-order valence-electron chi connectivity index (χ2n) is 7.34. The number of ether oxygens (including phenoxy) is 1. The van der Waals surface area contributed by atoms with Gasteiger partial charge in [-0.05, 0) is 47.2 Å². The molecule has 0 spiro atoms. The number of carbonyl (C=O) groups is 1. The maximum atomic E-state index is 12.2. The molecular formula is C23H26N3O2+. The molecule has 1 amide bonds. The van der Waals surface area contributed by atoms with E-state index in [0.29, 0.717) is 5.75 Å². The van der Waals surface area contributed by atoms with E-state index in [1.165, 1.54) is 5.69 Å². The second kappa shape index (κ2) is 8.31. The van der Waals surface area contributed by atoms with Crippen molar-refractivity contribution in [1.29, 1.82) is 0 Å². The zero-order valence-electron chi connectivity index (χ0n) is 16.2. The minimum atomic E-state index is -0.163. The Morgan fingerprint density at radius 2 is 1.71 bits per heavy atom. The number of amides is 1. The van der Waals surface area contributed by atoms with Gasteiger partial charge in [-0.1, -0.05) is 30.3 Å². The molecule has 0 saturated carbocycles. The van der Waals surface area contributed by atoms with E-state index in [1.54, 1.807) is 4.90 Å². The largest absolute Gasteiger partial charge is 0.484 e. The highest BCUT2D eigenvalue weighted by Crippen LogP contribution is 2.21. The zero-order chi connectivity index (χ0) is 19.3. The van der Waals surface area contributed by atoms with Crippen molar-refractivity contribution in [3.05, 3.63) is 66.7 Å². The lowest BCUT2D eigenvalue weighted by molar-refractivity contribution is -0.880. The van der Waals surface area contributed by atoms with Crippen LogP contribution >= 0.6 is 0 Å². The van der Waals surface area contributed by atoms with Crippen molar-refractivity contribution in [2.45, 2.75) is 0 Å². The summed E-state index contributed by atoms with van der Waals surface area (Å²) in [6, 6.07) is 22.0. The molecule has 0 aromatic heterocycles. The predicted octanol–water partition coefficient (Wildman–Crippen LogP) is 2.19. The van der Waals surface area contributed by atoms with Crippen molar-refractivity contribution in [3.63, 3.8) is 0 Å². The van der Waals surface area contributed by atoms with E-state index in [0.717, 1.165) is 42.6 Å². The van der Waals surface area contributed by atoms with Crippen LogP contribution in [0.1, 0.15) is 0 Å². The molecule has 1 saturated heterocycles. The van der Waals surface area contributed by atoms with E-state index in [2.05, 4.69) is 35.5 Å². The summed E-state index contributed by atoms with van der Waals surface area (Å²) >= 11 is 0. The Morgan fingerprint density at radius 3 is 2.46 bits per heavy atom. The van der Waals surface area contributed by atoms with Crippen molar-refractivity contribution in [2.75, 3.05) is 50.1 Å². The number of hydrogen-bond donors (Lipinski definition) is 2. The van der Waals surface area contributed by atoms with Crippen LogP contribution < -0.4 is 19.9 Å². The van der Waals surface area contributed by atoms with Crippen LogP contribution in [0.25, 0.3) is 10.8 Å². The van der Waals surface area contributed by atoms with Gasteiger partial charge in [-0.2, -0.15) is 0 Å². The van der Waals surface area contributed by atoms with Gasteiger partial charge in [0.25, 0.3) is 5.91 Å². The molecule has 0 aliphatic carbocycles. The van der Waals surface area contributed by atoms with Gasteiger partial charge in [-0.15, -0.1) is 0 Å². The lowest BCUT2D eigenvalue weighted by Crippen LogP contribution is -3.12. The average Bonchev–Trinajstić information content (AvgIpc) is 2.73. The summed E-state index contributed by atoms with van der Waals surface area (Å²) in [4.78, 5) is 16.2. The standard InChI is InChI=1S/C23H25N3O2/c1-25-12-14-26(15-13-25)21-9-7-20(8-10-21)24-23(27)17-28-22-11-6-18-4-2-3-5-19(18)16-22/h2-11,16H,12-15,17H2,1H3,(H,24,27)/p+1. The maximum absolute atomic E-state index is 12.2. The number of carbonyl (C=O) groups excluding carboxylic acids is 1. The van der Waals surface area contributed by atoms with Crippen LogP contribution in [0.5, 0.6) is 5.75 Å². The van der Waals surface area contributed by atoms with E-state index in [9.17, 15) is 4.79 Å². The third-order valence-corrected chi connectivity index (χ3v) is 5.22. The Labute approximate surface area is 165 Å². The van der Waals surface area contributed by atoms with Gasteiger partial charge < -0.3 is 19.9 Å².